The van der Waals surface area contributed by atoms with Gasteiger partial charge in [-0.15, -0.1) is 0 Å². The predicted molar refractivity (Wildman–Crippen MR) is 79.0 cm³/mol. The molecule has 0 aromatic heterocycles. The van der Waals surface area contributed by atoms with Gasteiger partial charge in [0.2, 0.25) is 0 Å². The van der Waals surface area contributed by atoms with E-state index in [0.29, 0.717) is 11.7 Å². The molecule has 0 spiro atoms. The van der Waals surface area contributed by atoms with Gasteiger partial charge in [0.1, 0.15) is 5.78 Å². The Hall–Kier alpha value is -0.380. The molecular formula is C15H19IO. The lowest BCUT2D eigenvalue weighted by Gasteiger charge is -2.24. The first kappa shape index (κ1) is 13.1. The molecular weight excluding hydrogens is 323 g/mol. The Bertz CT molecular complexity index is 401. The maximum absolute atomic E-state index is 11.9. The van der Waals surface area contributed by atoms with Crippen molar-refractivity contribution in [3.8, 4) is 0 Å². The van der Waals surface area contributed by atoms with E-state index in [2.05, 4.69) is 60.7 Å². The van der Waals surface area contributed by atoms with E-state index in [1.54, 1.807) is 0 Å². The molecule has 0 heterocycles. The number of carbonyl (C=O) groups is 1. The number of carbonyl (C=O) groups excluding carboxylic acids is 1. The highest BCUT2D eigenvalue weighted by Crippen LogP contribution is 2.36. The summed E-state index contributed by atoms with van der Waals surface area (Å²) in [7, 11) is 0. The van der Waals surface area contributed by atoms with Crippen LogP contribution < -0.4 is 0 Å². The van der Waals surface area contributed by atoms with Crippen LogP contribution in [0.2, 0.25) is 0 Å². The Balaban J connectivity index is 1.95. The molecule has 1 aliphatic carbocycles. The van der Waals surface area contributed by atoms with Gasteiger partial charge in [-0.2, -0.15) is 0 Å². The molecule has 2 heteroatoms. The topological polar surface area (TPSA) is 17.1 Å². The van der Waals surface area contributed by atoms with Gasteiger partial charge in [0.15, 0.2) is 0 Å². The molecule has 1 aromatic rings. The molecule has 0 bridgehead atoms. The molecule has 1 fully saturated rings. The Morgan fingerprint density at radius 2 is 1.88 bits per heavy atom. The van der Waals surface area contributed by atoms with Crippen LogP contribution in [0.5, 0.6) is 0 Å². The maximum Gasteiger partial charge on any atom is 0.136 e. The first-order valence-corrected chi connectivity index (χ1v) is 7.31. The normalized spacial score (nSPS) is 15.9. The Labute approximate surface area is 117 Å². The van der Waals surface area contributed by atoms with Crippen molar-refractivity contribution < 1.29 is 4.79 Å². The average Bonchev–Trinajstić information content (AvgIpc) is 3.03. The van der Waals surface area contributed by atoms with Crippen LogP contribution in [0.1, 0.15) is 38.7 Å². The molecule has 0 aliphatic heterocycles. The zero-order chi connectivity index (χ0) is 12.5. The number of hydrogen-bond donors (Lipinski definition) is 0. The highest BCUT2D eigenvalue weighted by molar-refractivity contribution is 14.1. The predicted octanol–water partition coefficient (Wildman–Crippen LogP) is 4.23. The lowest BCUT2D eigenvalue weighted by atomic mass is 9.80. The number of rotatable bonds is 5. The third-order valence-electron chi connectivity index (χ3n) is 3.28. The number of ketones is 1. The maximum atomic E-state index is 11.9. The standard InChI is InChI=1S/C15H19IO/c1-15(2,10-14(17)12-5-6-12)9-11-3-7-13(16)8-4-11/h3-4,7-8,12H,5-6,9-10H2,1-2H3. The highest BCUT2D eigenvalue weighted by Gasteiger charge is 2.33. The molecule has 1 saturated carbocycles. The zero-order valence-corrected chi connectivity index (χ0v) is 12.7. The average molecular weight is 342 g/mol. The van der Waals surface area contributed by atoms with E-state index < -0.39 is 0 Å². The molecule has 1 aromatic carbocycles. The van der Waals surface area contributed by atoms with Gasteiger partial charge < -0.3 is 0 Å². The summed E-state index contributed by atoms with van der Waals surface area (Å²) >= 11 is 2.32. The summed E-state index contributed by atoms with van der Waals surface area (Å²) in [5.74, 6) is 0.867. The van der Waals surface area contributed by atoms with Crippen molar-refractivity contribution in [1.82, 2.24) is 0 Å². The summed E-state index contributed by atoms with van der Waals surface area (Å²) in [6, 6.07) is 8.61. The minimum atomic E-state index is 0.0897. The molecule has 1 nitrogen and oxygen atoms in total. The van der Waals surface area contributed by atoms with Gasteiger partial charge in [-0.3, -0.25) is 4.79 Å². The largest absolute Gasteiger partial charge is 0.299 e. The second-order valence-electron chi connectivity index (χ2n) is 5.88. The van der Waals surface area contributed by atoms with Crippen molar-refractivity contribution in [3.63, 3.8) is 0 Å². The van der Waals surface area contributed by atoms with Crippen LogP contribution >= 0.6 is 22.6 Å². The lowest BCUT2D eigenvalue weighted by molar-refractivity contribution is -0.122. The Morgan fingerprint density at radius 3 is 2.41 bits per heavy atom. The van der Waals surface area contributed by atoms with Crippen molar-refractivity contribution in [2.75, 3.05) is 0 Å². The third kappa shape index (κ3) is 4.09. The molecule has 1 aliphatic rings. The van der Waals surface area contributed by atoms with E-state index in [4.69, 9.17) is 0 Å². The van der Waals surface area contributed by atoms with Crippen LogP contribution in [0.15, 0.2) is 24.3 Å². The van der Waals surface area contributed by atoms with Gasteiger partial charge >= 0.3 is 0 Å². The molecule has 0 radical (unpaired) electrons. The van der Waals surface area contributed by atoms with E-state index >= 15 is 0 Å². The zero-order valence-electron chi connectivity index (χ0n) is 10.5. The van der Waals surface area contributed by atoms with Crippen LogP contribution in [0, 0.1) is 14.9 Å². The summed E-state index contributed by atoms with van der Waals surface area (Å²) in [5, 5.41) is 0. The van der Waals surface area contributed by atoms with E-state index in [9.17, 15) is 4.79 Å². The van der Waals surface area contributed by atoms with Crippen LogP contribution in [0.25, 0.3) is 0 Å². The lowest BCUT2D eigenvalue weighted by Crippen LogP contribution is -2.20. The van der Waals surface area contributed by atoms with Crippen LogP contribution in [-0.4, -0.2) is 5.78 Å². The molecule has 92 valence electrons. The van der Waals surface area contributed by atoms with Crippen LogP contribution in [0.4, 0.5) is 0 Å². The number of halogens is 1. The summed E-state index contributed by atoms with van der Waals surface area (Å²) in [6.45, 7) is 4.40. The van der Waals surface area contributed by atoms with Gasteiger partial charge in [0.25, 0.3) is 0 Å². The second kappa shape index (κ2) is 5.09. The van der Waals surface area contributed by atoms with Gasteiger partial charge in [0.05, 0.1) is 0 Å². The van der Waals surface area contributed by atoms with Gasteiger partial charge in [-0.1, -0.05) is 26.0 Å². The first-order chi connectivity index (χ1) is 7.96. The minimum absolute atomic E-state index is 0.0897. The van der Waals surface area contributed by atoms with Crippen molar-refractivity contribution in [2.45, 2.75) is 39.5 Å². The van der Waals surface area contributed by atoms with Crippen molar-refractivity contribution in [3.05, 3.63) is 33.4 Å². The summed E-state index contributed by atoms with van der Waals surface area (Å²) in [6.07, 6.45) is 3.96. The minimum Gasteiger partial charge on any atom is -0.299 e. The SMILES string of the molecule is CC(C)(CC(=O)C1CC1)Cc1ccc(I)cc1. The van der Waals surface area contributed by atoms with Crippen molar-refractivity contribution >= 4 is 28.4 Å². The number of hydrogen-bond acceptors (Lipinski definition) is 1. The van der Waals surface area contributed by atoms with E-state index in [0.717, 1.165) is 25.7 Å². The monoisotopic (exact) mass is 342 g/mol. The Morgan fingerprint density at radius 1 is 1.29 bits per heavy atom. The molecule has 0 N–H and O–H groups in total. The number of benzene rings is 1. The Kier molecular flexibility index (Phi) is 3.91. The summed E-state index contributed by atoms with van der Waals surface area (Å²) in [4.78, 5) is 11.9. The second-order valence-corrected chi connectivity index (χ2v) is 7.13. The van der Waals surface area contributed by atoms with Crippen LogP contribution in [0.3, 0.4) is 0 Å². The molecule has 0 atom stereocenters. The van der Waals surface area contributed by atoms with E-state index in [-0.39, 0.29) is 5.41 Å². The van der Waals surface area contributed by atoms with Crippen molar-refractivity contribution in [1.29, 1.82) is 0 Å². The molecule has 0 amide bonds. The quantitative estimate of drug-likeness (QED) is 0.732. The fraction of sp³-hybridized carbons (Fsp3) is 0.533. The molecule has 17 heavy (non-hydrogen) atoms. The van der Waals surface area contributed by atoms with Gasteiger partial charge in [-0.25, -0.2) is 0 Å². The van der Waals surface area contributed by atoms with Crippen molar-refractivity contribution in [2.24, 2.45) is 11.3 Å². The summed E-state index contributed by atoms with van der Waals surface area (Å²) < 4.78 is 1.26. The van der Waals surface area contributed by atoms with Crippen LogP contribution in [-0.2, 0) is 11.2 Å². The molecule has 0 unspecified atom stereocenters. The fourth-order valence-corrected chi connectivity index (χ4v) is 2.60. The van der Waals surface area contributed by atoms with E-state index in [1.807, 2.05) is 0 Å². The highest BCUT2D eigenvalue weighted by atomic mass is 127. The fourth-order valence-electron chi connectivity index (χ4n) is 2.24. The smallest absolute Gasteiger partial charge is 0.136 e. The number of Topliss-reactive ketones (excluding diaryl/α,β-unsaturated/α-hetero) is 1. The van der Waals surface area contributed by atoms with E-state index in [1.165, 1.54) is 9.13 Å². The van der Waals surface area contributed by atoms with Gasteiger partial charge in [-0.05, 0) is 65.0 Å². The first-order valence-electron chi connectivity index (χ1n) is 6.23. The van der Waals surface area contributed by atoms with Gasteiger partial charge in [0, 0.05) is 15.9 Å². The third-order valence-corrected chi connectivity index (χ3v) is 4.00. The molecule has 0 saturated heterocycles. The summed E-state index contributed by atoms with van der Waals surface area (Å²) in [5.41, 5.74) is 1.42. The molecule has 2 rings (SSSR count).